The van der Waals surface area contributed by atoms with Crippen molar-refractivity contribution in [2.45, 2.75) is 12.5 Å². The number of fused-ring (bicyclic) bond motifs is 1. The lowest BCUT2D eigenvalue weighted by atomic mass is 9.84. The van der Waals surface area contributed by atoms with Gasteiger partial charge < -0.3 is 19.6 Å². The van der Waals surface area contributed by atoms with Crippen LogP contribution >= 0.6 is 0 Å². The second kappa shape index (κ2) is 7.76. The molecule has 1 aliphatic rings. The van der Waals surface area contributed by atoms with Gasteiger partial charge in [-0.1, -0.05) is 30.3 Å². The van der Waals surface area contributed by atoms with Gasteiger partial charge in [-0.25, -0.2) is 0 Å². The van der Waals surface area contributed by atoms with Crippen molar-refractivity contribution in [3.63, 3.8) is 0 Å². The molecule has 0 amide bonds. The van der Waals surface area contributed by atoms with E-state index in [0.717, 1.165) is 33.7 Å². The van der Waals surface area contributed by atoms with E-state index in [0.29, 0.717) is 18.1 Å². The molecule has 3 heterocycles. The number of nitrogens with zero attached hydrogens (tertiary/aromatic N) is 2. The van der Waals surface area contributed by atoms with Crippen LogP contribution in [0.15, 0.2) is 89.1 Å². The maximum absolute atomic E-state index is 9.70. The van der Waals surface area contributed by atoms with E-state index in [2.05, 4.69) is 16.3 Å². The quantitative estimate of drug-likeness (QED) is 0.502. The molecule has 1 atom stereocenters. The van der Waals surface area contributed by atoms with Gasteiger partial charge in [0.2, 0.25) is 11.8 Å². The highest BCUT2D eigenvalue weighted by Crippen LogP contribution is 2.45. The van der Waals surface area contributed by atoms with Gasteiger partial charge in [0.05, 0.1) is 29.7 Å². The first-order valence-corrected chi connectivity index (χ1v) is 9.69. The van der Waals surface area contributed by atoms with Gasteiger partial charge in [-0.15, -0.1) is 5.10 Å². The number of nitrogens with two attached hydrogens (primary N) is 1. The molecule has 0 radical (unpaired) electrons. The van der Waals surface area contributed by atoms with Crippen LogP contribution in [0.1, 0.15) is 22.6 Å². The molecular formula is C24H18N4O3. The number of hydrogen-bond donors (Lipinski definition) is 2. The molecule has 152 valence electrons. The van der Waals surface area contributed by atoms with Crippen molar-refractivity contribution in [2.75, 3.05) is 0 Å². The third-order valence-corrected chi connectivity index (χ3v) is 5.21. The molecule has 0 saturated heterocycles. The highest BCUT2D eigenvalue weighted by molar-refractivity contribution is 5.71. The molecule has 5 rings (SSSR count). The van der Waals surface area contributed by atoms with Crippen LogP contribution in [0.3, 0.4) is 0 Å². The van der Waals surface area contributed by atoms with Gasteiger partial charge in [0, 0.05) is 11.1 Å². The predicted molar refractivity (Wildman–Crippen MR) is 113 cm³/mol. The lowest BCUT2D eigenvalue weighted by Crippen LogP contribution is -2.20. The molecule has 31 heavy (non-hydrogen) atoms. The van der Waals surface area contributed by atoms with Crippen molar-refractivity contribution < 1.29 is 13.9 Å². The van der Waals surface area contributed by atoms with Gasteiger partial charge in [-0.2, -0.15) is 5.26 Å². The van der Waals surface area contributed by atoms with Gasteiger partial charge in [0.1, 0.15) is 24.0 Å². The normalized spacial score (nSPS) is 15.1. The number of rotatable bonds is 5. The molecule has 0 bridgehead atoms. The minimum Gasteiger partial charge on any atom is -0.489 e. The summed E-state index contributed by atoms with van der Waals surface area (Å²) in [6, 6.07) is 21.6. The highest BCUT2D eigenvalue weighted by Gasteiger charge is 2.36. The molecule has 3 N–H and O–H groups in total. The Balaban J connectivity index is 1.46. The first-order chi connectivity index (χ1) is 15.2. The maximum Gasteiger partial charge on any atom is 0.244 e. The van der Waals surface area contributed by atoms with Crippen LogP contribution in [0.2, 0.25) is 0 Å². The molecule has 0 aliphatic carbocycles. The van der Waals surface area contributed by atoms with E-state index in [1.54, 1.807) is 12.5 Å². The Labute approximate surface area is 178 Å². The summed E-state index contributed by atoms with van der Waals surface area (Å²) >= 11 is 0. The summed E-state index contributed by atoms with van der Waals surface area (Å²) in [6.07, 6.45) is 3.16. The zero-order valence-electron chi connectivity index (χ0n) is 16.4. The Morgan fingerprint density at radius 1 is 1.10 bits per heavy atom. The van der Waals surface area contributed by atoms with Crippen LogP contribution in [-0.2, 0) is 6.61 Å². The second-order valence-electron chi connectivity index (χ2n) is 7.10. The fraction of sp³-hybridized carbons (Fsp3) is 0.0833. The van der Waals surface area contributed by atoms with E-state index >= 15 is 0 Å². The zero-order chi connectivity index (χ0) is 21.2. The van der Waals surface area contributed by atoms with Gasteiger partial charge >= 0.3 is 0 Å². The van der Waals surface area contributed by atoms with E-state index in [1.165, 1.54) is 0 Å². The molecule has 2 aromatic carbocycles. The molecular weight excluding hydrogens is 392 g/mol. The number of aromatic amines is 1. The third-order valence-electron chi connectivity index (χ3n) is 5.21. The third kappa shape index (κ3) is 3.40. The molecule has 7 nitrogen and oxygen atoms in total. The Morgan fingerprint density at radius 3 is 2.61 bits per heavy atom. The van der Waals surface area contributed by atoms with Crippen LogP contribution in [0, 0.1) is 11.3 Å². The van der Waals surface area contributed by atoms with Crippen LogP contribution in [0.4, 0.5) is 0 Å². The van der Waals surface area contributed by atoms with Crippen molar-refractivity contribution in [3.8, 4) is 29.0 Å². The summed E-state index contributed by atoms with van der Waals surface area (Å²) in [5.41, 5.74) is 10.6. The topological polar surface area (TPSA) is 110 Å². The summed E-state index contributed by atoms with van der Waals surface area (Å²) in [7, 11) is 0. The van der Waals surface area contributed by atoms with Crippen molar-refractivity contribution in [1.29, 1.82) is 5.26 Å². The summed E-state index contributed by atoms with van der Waals surface area (Å²) in [4.78, 5) is 0. The van der Waals surface area contributed by atoms with Gasteiger partial charge in [0.25, 0.3) is 0 Å². The first-order valence-electron chi connectivity index (χ1n) is 9.69. The number of benzene rings is 2. The lowest BCUT2D eigenvalue weighted by molar-refractivity contribution is 0.306. The summed E-state index contributed by atoms with van der Waals surface area (Å²) in [5.74, 6) is 0.715. The Bertz CT molecular complexity index is 1270. The fourth-order valence-corrected chi connectivity index (χ4v) is 3.70. The number of nitrogens with one attached hydrogen (secondary N) is 1. The van der Waals surface area contributed by atoms with Gasteiger partial charge in [-0.3, -0.25) is 5.10 Å². The Hall–Kier alpha value is -4.44. The number of aromatic nitrogens is 2. The Kier molecular flexibility index (Phi) is 4.65. The van der Waals surface area contributed by atoms with Crippen LogP contribution < -0.4 is 15.2 Å². The van der Waals surface area contributed by atoms with Crippen molar-refractivity contribution in [1.82, 2.24) is 10.2 Å². The number of hydrogen-bond acceptors (Lipinski definition) is 6. The molecule has 0 saturated carbocycles. The van der Waals surface area contributed by atoms with Crippen LogP contribution in [0.25, 0.3) is 11.3 Å². The molecule has 2 aromatic heterocycles. The second-order valence-corrected chi connectivity index (χ2v) is 7.10. The number of ether oxygens (including phenoxy) is 2. The van der Waals surface area contributed by atoms with E-state index in [-0.39, 0.29) is 5.88 Å². The summed E-state index contributed by atoms with van der Waals surface area (Å²) < 4.78 is 16.7. The molecule has 1 aliphatic heterocycles. The fourth-order valence-electron chi connectivity index (χ4n) is 3.70. The average Bonchev–Trinajstić information content (AvgIpc) is 3.48. The van der Waals surface area contributed by atoms with E-state index in [4.69, 9.17) is 19.6 Å². The van der Waals surface area contributed by atoms with Crippen molar-refractivity contribution in [2.24, 2.45) is 5.73 Å². The molecule has 0 unspecified atom stereocenters. The Morgan fingerprint density at radius 2 is 1.90 bits per heavy atom. The first kappa shape index (κ1) is 18.6. The number of H-pyrrole nitrogens is 1. The van der Waals surface area contributed by atoms with Crippen molar-refractivity contribution >= 4 is 0 Å². The molecule has 0 fully saturated rings. The zero-order valence-corrected chi connectivity index (χ0v) is 16.4. The summed E-state index contributed by atoms with van der Waals surface area (Å²) in [6.45, 7) is 0.492. The summed E-state index contributed by atoms with van der Waals surface area (Å²) in [5, 5.41) is 17.0. The highest BCUT2D eigenvalue weighted by atomic mass is 16.5. The van der Waals surface area contributed by atoms with E-state index in [1.807, 2.05) is 60.7 Å². The smallest absolute Gasteiger partial charge is 0.244 e. The standard InChI is InChI=1S/C24H18N4O3/c25-12-19-20(17-10-11-29-14-17)21-22(27-28-24(21)31-23(19)26)16-6-8-18(9-7-16)30-13-15-4-2-1-3-5-15/h1-11,14,20H,13,26H2,(H,27,28)/t20-/m1/s1. The van der Waals surface area contributed by atoms with Gasteiger partial charge in [0.15, 0.2) is 0 Å². The number of furan rings is 1. The lowest BCUT2D eigenvalue weighted by Gasteiger charge is -2.22. The van der Waals surface area contributed by atoms with Crippen molar-refractivity contribution in [3.05, 3.63) is 101 Å². The largest absolute Gasteiger partial charge is 0.489 e. The molecule has 4 aromatic rings. The minimum atomic E-state index is -0.435. The molecule has 0 spiro atoms. The number of allylic oxidation sites excluding steroid dienone is 1. The van der Waals surface area contributed by atoms with Gasteiger partial charge in [-0.05, 0) is 35.9 Å². The predicted octanol–water partition coefficient (Wildman–Crippen LogP) is 4.47. The maximum atomic E-state index is 9.70. The van der Waals surface area contributed by atoms with E-state index in [9.17, 15) is 5.26 Å². The number of nitriles is 1. The molecule has 7 heteroatoms. The minimum absolute atomic E-state index is 0.0453. The SMILES string of the molecule is N#CC1=C(N)Oc2n[nH]c(-c3ccc(OCc4ccccc4)cc3)c2[C@@H]1c1ccoc1. The van der Waals surface area contributed by atoms with E-state index < -0.39 is 5.92 Å². The average molecular weight is 410 g/mol. The van der Waals surface area contributed by atoms with Crippen LogP contribution in [0.5, 0.6) is 11.6 Å². The van der Waals surface area contributed by atoms with Crippen LogP contribution in [-0.4, -0.2) is 10.2 Å². The monoisotopic (exact) mass is 410 g/mol.